The van der Waals surface area contributed by atoms with E-state index in [9.17, 15) is 4.79 Å². The molecule has 0 bridgehead atoms. The fourth-order valence-corrected chi connectivity index (χ4v) is 3.48. The van der Waals surface area contributed by atoms with Crippen molar-refractivity contribution >= 4 is 5.97 Å². The molecule has 22 heavy (non-hydrogen) atoms. The van der Waals surface area contributed by atoms with Gasteiger partial charge in [-0.25, -0.2) is 0 Å². The number of hydrogen-bond acceptors (Lipinski definition) is 2. The minimum absolute atomic E-state index is 0.0139. The van der Waals surface area contributed by atoms with E-state index in [1.54, 1.807) is 0 Å². The molecule has 0 spiro atoms. The van der Waals surface area contributed by atoms with Gasteiger partial charge in [0.05, 0.1) is 13.0 Å². The molecule has 0 atom stereocenters. The van der Waals surface area contributed by atoms with Crippen LogP contribution in [0.5, 0.6) is 0 Å². The molecule has 0 N–H and O–H groups in total. The van der Waals surface area contributed by atoms with Crippen molar-refractivity contribution in [3.63, 3.8) is 0 Å². The molecule has 0 aliphatic heterocycles. The van der Waals surface area contributed by atoms with Crippen LogP contribution in [0.1, 0.15) is 94.9 Å². The highest BCUT2D eigenvalue weighted by atomic mass is 16.5. The molecule has 0 aromatic heterocycles. The molecule has 0 aliphatic carbocycles. The summed E-state index contributed by atoms with van der Waals surface area (Å²) in [6, 6.07) is 0. The van der Waals surface area contributed by atoms with E-state index in [1.165, 1.54) is 0 Å². The first-order valence-corrected chi connectivity index (χ1v) is 8.73. The van der Waals surface area contributed by atoms with Gasteiger partial charge in [0, 0.05) is 5.41 Å². The van der Waals surface area contributed by atoms with E-state index in [2.05, 4.69) is 69.2 Å². The number of hydrogen-bond donors (Lipinski definition) is 0. The maximum atomic E-state index is 12.1. The predicted molar refractivity (Wildman–Crippen MR) is 95.9 cm³/mol. The van der Waals surface area contributed by atoms with Crippen molar-refractivity contribution in [2.24, 2.45) is 21.7 Å². The minimum atomic E-state index is -0.0619. The fourth-order valence-electron chi connectivity index (χ4n) is 3.48. The van der Waals surface area contributed by atoms with Gasteiger partial charge in [-0.05, 0) is 35.5 Å². The highest BCUT2D eigenvalue weighted by Gasteiger charge is 2.38. The van der Waals surface area contributed by atoms with Crippen molar-refractivity contribution in [2.45, 2.75) is 94.9 Å². The van der Waals surface area contributed by atoms with Gasteiger partial charge < -0.3 is 4.74 Å². The van der Waals surface area contributed by atoms with Gasteiger partial charge in [-0.2, -0.15) is 0 Å². The SMILES string of the molecule is CCC(COC(=O)CC(C)(C)C)(CC(C)(C)C)CC(C)(C)C. The van der Waals surface area contributed by atoms with Crippen LogP contribution in [0.4, 0.5) is 0 Å². The maximum absolute atomic E-state index is 12.1. The Morgan fingerprint density at radius 2 is 1.18 bits per heavy atom. The number of ether oxygens (including phenoxy) is 1. The van der Waals surface area contributed by atoms with Crippen LogP contribution in [-0.4, -0.2) is 12.6 Å². The molecule has 0 heterocycles. The lowest BCUT2D eigenvalue weighted by atomic mass is 9.65. The van der Waals surface area contributed by atoms with Gasteiger partial charge in [0.2, 0.25) is 0 Å². The lowest BCUT2D eigenvalue weighted by molar-refractivity contribution is -0.151. The second kappa shape index (κ2) is 7.36. The molecule has 2 heteroatoms. The van der Waals surface area contributed by atoms with E-state index in [0.29, 0.717) is 13.0 Å². The van der Waals surface area contributed by atoms with Crippen molar-refractivity contribution in [3.05, 3.63) is 0 Å². The third-order valence-electron chi connectivity index (χ3n) is 3.77. The van der Waals surface area contributed by atoms with Crippen molar-refractivity contribution in [1.29, 1.82) is 0 Å². The first-order valence-electron chi connectivity index (χ1n) is 8.73. The molecule has 0 saturated carbocycles. The lowest BCUT2D eigenvalue weighted by Crippen LogP contribution is -2.36. The zero-order valence-corrected chi connectivity index (χ0v) is 16.9. The zero-order valence-electron chi connectivity index (χ0n) is 16.9. The maximum Gasteiger partial charge on any atom is 0.306 e. The zero-order chi connectivity index (χ0) is 17.8. The van der Waals surface area contributed by atoms with E-state index in [1.807, 2.05) is 0 Å². The second-order valence-electron chi connectivity index (χ2n) is 10.7. The number of carbonyl (C=O) groups excluding carboxylic acids is 1. The summed E-state index contributed by atoms with van der Waals surface area (Å²) in [6.45, 7) is 22.7. The molecule has 0 rings (SSSR count). The molecule has 132 valence electrons. The van der Waals surface area contributed by atoms with Gasteiger partial charge in [0.1, 0.15) is 0 Å². The van der Waals surface area contributed by atoms with Crippen LogP contribution in [-0.2, 0) is 9.53 Å². The van der Waals surface area contributed by atoms with Crippen LogP contribution in [0.25, 0.3) is 0 Å². The van der Waals surface area contributed by atoms with Crippen molar-refractivity contribution in [1.82, 2.24) is 0 Å². The normalized spacial score (nSPS) is 14.1. The van der Waals surface area contributed by atoms with Crippen LogP contribution < -0.4 is 0 Å². The van der Waals surface area contributed by atoms with Crippen molar-refractivity contribution in [2.75, 3.05) is 6.61 Å². The Bertz CT molecular complexity index is 331. The van der Waals surface area contributed by atoms with Gasteiger partial charge in [0.15, 0.2) is 0 Å². The summed E-state index contributed by atoms with van der Waals surface area (Å²) in [5.41, 5.74) is 0.527. The quantitative estimate of drug-likeness (QED) is 0.543. The first-order chi connectivity index (χ1) is 9.58. The van der Waals surface area contributed by atoms with E-state index >= 15 is 0 Å². The molecule has 0 amide bonds. The summed E-state index contributed by atoms with van der Waals surface area (Å²) in [4.78, 5) is 12.1. The molecule has 0 saturated heterocycles. The standard InChI is InChI=1S/C20H40O2/c1-11-20(13-18(5,6)7,14-19(8,9)10)15-22-16(21)12-17(2,3)4/h11-15H2,1-10H3. The van der Waals surface area contributed by atoms with Gasteiger partial charge in [0.25, 0.3) is 0 Å². The topological polar surface area (TPSA) is 26.3 Å². The average Bonchev–Trinajstić information content (AvgIpc) is 2.19. The molecule has 2 nitrogen and oxygen atoms in total. The number of esters is 1. The Morgan fingerprint density at radius 1 is 0.773 bits per heavy atom. The van der Waals surface area contributed by atoms with Crippen molar-refractivity contribution in [3.8, 4) is 0 Å². The van der Waals surface area contributed by atoms with Crippen LogP contribution in [0, 0.1) is 21.7 Å². The summed E-state index contributed by atoms with van der Waals surface area (Å²) in [5, 5.41) is 0. The monoisotopic (exact) mass is 312 g/mol. The molecular weight excluding hydrogens is 272 g/mol. The van der Waals surface area contributed by atoms with Crippen LogP contribution >= 0.6 is 0 Å². The molecule has 0 aromatic rings. The summed E-state index contributed by atoms with van der Waals surface area (Å²) >= 11 is 0. The summed E-state index contributed by atoms with van der Waals surface area (Å²) in [7, 11) is 0. The Kier molecular flexibility index (Phi) is 7.18. The third kappa shape index (κ3) is 10.2. The van der Waals surface area contributed by atoms with Gasteiger partial charge >= 0.3 is 5.97 Å². The number of rotatable bonds is 6. The Morgan fingerprint density at radius 3 is 1.45 bits per heavy atom. The molecule has 0 aliphatic rings. The third-order valence-corrected chi connectivity index (χ3v) is 3.77. The smallest absolute Gasteiger partial charge is 0.306 e. The summed E-state index contributed by atoms with van der Waals surface area (Å²) in [5.74, 6) is -0.0619. The van der Waals surface area contributed by atoms with E-state index in [4.69, 9.17) is 4.74 Å². The molecule has 0 aromatic carbocycles. The summed E-state index contributed by atoms with van der Waals surface area (Å²) < 4.78 is 5.73. The number of carbonyl (C=O) groups is 1. The van der Waals surface area contributed by atoms with Crippen LogP contribution in [0.2, 0.25) is 0 Å². The lowest BCUT2D eigenvalue weighted by Gasteiger charge is -2.42. The fraction of sp³-hybridized carbons (Fsp3) is 0.950. The molecule has 0 radical (unpaired) electrons. The minimum Gasteiger partial charge on any atom is -0.465 e. The molecule has 0 unspecified atom stereocenters. The van der Waals surface area contributed by atoms with E-state index < -0.39 is 0 Å². The molecular formula is C20H40O2. The van der Waals surface area contributed by atoms with Gasteiger partial charge in [-0.15, -0.1) is 0 Å². The van der Waals surface area contributed by atoms with Crippen molar-refractivity contribution < 1.29 is 9.53 Å². The largest absolute Gasteiger partial charge is 0.465 e. The van der Waals surface area contributed by atoms with E-state index in [0.717, 1.165) is 19.3 Å². The average molecular weight is 313 g/mol. The highest BCUT2D eigenvalue weighted by Crippen LogP contribution is 2.45. The highest BCUT2D eigenvalue weighted by molar-refractivity contribution is 5.70. The van der Waals surface area contributed by atoms with E-state index in [-0.39, 0.29) is 27.6 Å². The van der Waals surface area contributed by atoms with Crippen LogP contribution in [0.15, 0.2) is 0 Å². The summed E-state index contributed by atoms with van der Waals surface area (Å²) in [6.07, 6.45) is 3.69. The Labute approximate surface area is 139 Å². The predicted octanol–water partition coefficient (Wildman–Crippen LogP) is 6.23. The van der Waals surface area contributed by atoms with Gasteiger partial charge in [-0.1, -0.05) is 69.2 Å². The Balaban J connectivity index is 5.03. The Hall–Kier alpha value is -0.530. The first kappa shape index (κ1) is 21.5. The second-order valence-corrected chi connectivity index (χ2v) is 10.7. The molecule has 0 fully saturated rings. The van der Waals surface area contributed by atoms with Crippen LogP contribution in [0.3, 0.4) is 0 Å². The van der Waals surface area contributed by atoms with Gasteiger partial charge in [-0.3, -0.25) is 4.79 Å².